The molecule has 2 amide bonds. The van der Waals surface area contributed by atoms with Gasteiger partial charge >= 0.3 is 0 Å². The molecule has 2 unspecified atom stereocenters. The van der Waals surface area contributed by atoms with Crippen LogP contribution in [0.4, 0.5) is 5.69 Å². The SMILES string of the molecule is CC(C)CC(CNC(=O)C1CC(=O)N(c2ccccc2Cl)C1)N1CCOCC1. The molecule has 0 aromatic heterocycles. The van der Waals surface area contributed by atoms with Crippen molar-refractivity contribution in [2.45, 2.75) is 32.7 Å². The fourth-order valence-electron chi connectivity index (χ4n) is 4.00. The Kier molecular flexibility index (Phi) is 7.32. The molecule has 2 saturated heterocycles. The minimum atomic E-state index is -0.340. The molecule has 28 heavy (non-hydrogen) atoms. The van der Waals surface area contributed by atoms with E-state index in [9.17, 15) is 9.59 Å². The molecule has 0 saturated carbocycles. The zero-order valence-electron chi connectivity index (χ0n) is 16.7. The third-order valence-corrected chi connectivity index (χ3v) is 5.78. The van der Waals surface area contributed by atoms with Crippen LogP contribution in [0, 0.1) is 11.8 Å². The van der Waals surface area contributed by atoms with Crippen molar-refractivity contribution in [3.8, 4) is 0 Å². The summed E-state index contributed by atoms with van der Waals surface area (Å²) in [4.78, 5) is 29.2. The second-order valence-electron chi connectivity index (χ2n) is 8.03. The molecule has 1 aromatic carbocycles. The van der Waals surface area contributed by atoms with Gasteiger partial charge in [0.1, 0.15) is 0 Å². The van der Waals surface area contributed by atoms with Crippen LogP contribution in [0.1, 0.15) is 26.7 Å². The molecule has 2 atom stereocenters. The number of halogens is 1. The topological polar surface area (TPSA) is 61.9 Å². The molecule has 0 radical (unpaired) electrons. The van der Waals surface area contributed by atoms with Gasteiger partial charge in [0.05, 0.1) is 29.8 Å². The largest absolute Gasteiger partial charge is 0.379 e. The number of hydrogen-bond donors (Lipinski definition) is 1. The van der Waals surface area contributed by atoms with Crippen LogP contribution in [0.15, 0.2) is 24.3 Å². The fraction of sp³-hybridized carbons (Fsp3) is 0.619. The molecule has 2 aliphatic heterocycles. The minimum absolute atomic E-state index is 0.0510. The molecule has 1 aromatic rings. The van der Waals surface area contributed by atoms with E-state index < -0.39 is 0 Å². The Morgan fingerprint density at radius 3 is 2.68 bits per heavy atom. The van der Waals surface area contributed by atoms with E-state index >= 15 is 0 Å². The predicted molar refractivity (Wildman–Crippen MR) is 111 cm³/mol. The summed E-state index contributed by atoms with van der Waals surface area (Å²) in [7, 11) is 0. The lowest BCUT2D eigenvalue weighted by molar-refractivity contribution is -0.126. The molecule has 2 aliphatic rings. The van der Waals surface area contributed by atoms with Gasteiger partial charge in [-0.3, -0.25) is 14.5 Å². The maximum atomic E-state index is 12.8. The van der Waals surface area contributed by atoms with Crippen molar-refractivity contribution in [2.75, 3.05) is 44.3 Å². The Balaban J connectivity index is 1.57. The highest BCUT2D eigenvalue weighted by atomic mass is 35.5. The van der Waals surface area contributed by atoms with Crippen molar-refractivity contribution in [1.29, 1.82) is 0 Å². The number of benzene rings is 1. The van der Waals surface area contributed by atoms with Crippen LogP contribution in [-0.4, -0.2) is 62.1 Å². The lowest BCUT2D eigenvalue weighted by Gasteiger charge is -2.35. The van der Waals surface area contributed by atoms with E-state index in [1.165, 1.54) is 0 Å². The summed E-state index contributed by atoms with van der Waals surface area (Å²) in [5.74, 6) is 0.103. The summed E-state index contributed by atoms with van der Waals surface area (Å²) in [5.41, 5.74) is 0.676. The van der Waals surface area contributed by atoms with Crippen LogP contribution in [0.2, 0.25) is 5.02 Å². The molecule has 6 nitrogen and oxygen atoms in total. The zero-order valence-corrected chi connectivity index (χ0v) is 17.5. The van der Waals surface area contributed by atoms with E-state index in [0.29, 0.717) is 35.8 Å². The normalized spacial score (nSPS) is 21.9. The molecule has 2 heterocycles. The summed E-state index contributed by atoms with van der Waals surface area (Å²) >= 11 is 6.22. The number of carbonyl (C=O) groups is 2. The number of anilines is 1. The lowest BCUT2D eigenvalue weighted by atomic mass is 10.0. The van der Waals surface area contributed by atoms with Crippen molar-refractivity contribution in [3.63, 3.8) is 0 Å². The number of rotatable bonds is 7. The first-order valence-electron chi connectivity index (χ1n) is 10.1. The van der Waals surface area contributed by atoms with E-state index in [1.54, 1.807) is 11.0 Å². The van der Waals surface area contributed by atoms with Crippen molar-refractivity contribution >= 4 is 29.1 Å². The predicted octanol–water partition coefficient (Wildman–Crippen LogP) is 2.56. The quantitative estimate of drug-likeness (QED) is 0.754. The van der Waals surface area contributed by atoms with Crippen LogP contribution in [0.5, 0.6) is 0 Å². The standard InChI is InChI=1S/C21H30ClN3O3/c1-15(2)11-17(24-7-9-28-10-8-24)13-23-21(27)16-12-20(26)25(14-16)19-6-4-3-5-18(19)22/h3-6,15-17H,7-14H2,1-2H3,(H,23,27). The van der Waals surface area contributed by atoms with Crippen LogP contribution in [-0.2, 0) is 14.3 Å². The second-order valence-corrected chi connectivity index (χ2v) is 8.44. The molecule has 0 bridgehead atoms. The first-order valence-corrected chi connectivity index (χ1v) is 10.5. The third kappa shape index (κ3) is 5.25. The summed E-state index contributed by atoms with van der Waals surface area (Å²) in [6.07, 6.45) is 1.25. The molecule has 154 valence electrons. The number of nitrogens with zero attached hydrogens (tertiary/aromatic N) is 2. The molecular formula is C21H30ClN3O3. The number of nitrogens with one attached hydrogen (secondary N) is 1. The van der Waals surface area contributed by atoms with Gasteiger partial charge in [0.25, 0.3) is 0 Å². The molecule has 1 N–H and O–H groups in total. The third-order valence-electron chi connectivity index (χ3n) is 5.46. The summed E-state index contributed by atoms with van der Waals surface area (Å²) in [6, 6.07) is 7.55. The Labute approximate surface area is 172 Å². The molecular weight excluding hydrogens is 378 g/mol. The summed E-state index contributed by atoms with van der Waals surface area (Å²) in [6.45, 7) is 8.66. The molecule has 7 heteroatoms. The van der Waals surface area contributed by atoms with E-state index in [1.807, 2.05) is 18.2 Å². The van der Waals surface area contributed by atoms with Crippen molar-refractivity contribution in [2.24, 2.45) is 11.8 Å². The molecule has 0 aliphatic carbocycles. The first-order chi connectivity index (χ1) is 13.5. The van der Waals surface area contributed by atoms with E-state index in [-0.39, 0.29) is 24.2 Å². The van der Waals surface area contributed by atoms with Crippen molar-refractivity contribution in [3.05, 3.63) is 29.3 Å². The number of morpholine rings is 1. The van der Waals surface area contributed by atoms with Gasteiger partial charge in [0.15, 0.2) is 0 Å². The number of ether oxygens (including phenoxy) is 1. The zero-order chi connectivity index (χ0) is 20.1. The van der Waals surface area contributed by atoms with Gasteiger partial charge in [-0.1, -0.05) is 37.6 Å². The highest BCUT2D eigenvalue weighted by Crippen LogP contribution is 2.31. The highest BCUT2D eigenvalue weighted by molar-refractivity contribution is 6.33. The Hall–Kier alpha value is -1.63. The van der Waals surface area contributed by atoms with Crippen molar-refractivity contribution < 1.29 is 14.3 Å². The number of hydrogen-bond acceptors (Lipinski definition) is 4. The second kappa shape index (κ2) is 9.72. The molecule has 0 spiro atoms. The summed E-state index contributed by atoms with van der Waals surface area (Å²) < 4.78 is 5.45. The van der Waals surface area contributed by atoms with Crippen molar-refractivity contribution in [1.82, 2.24) is 10.2 Å². The molecule has 2 fully saturated rings. The van der Waals surface area contributed by atoms with Crippen LogP contribution in [0.3, 0.4) is 0 Å². The Morgan fingerprint density at radius 1 is 1.29 bits per heavy atom. The number of carbonyl (C=O) groups excluding carboxylic acids is 2. The smallest absolute Gasteiger partial charge is 0.227 e. The van der Waals surface area contributed by atoms with Gasteiger partial charge in [0.2, 0.25) is 11.8 Å². The maximum Gasteiger partial charge on any atom is 0.227 e. The van der Waals surface area contributed by atoms with Gasteiger partial charge in [-0.25, -0.2) is 0 Å². The van der Waals surface area contributed by atoms with Crippen LogP contribution >= 0.6 is 11.6 Å². The Bertz CT molecular complexity index is 691. The highest BCUT2D eigenvalue weighted by Gasteiger charge is 2.36. The van der Waals surface area contributed by atoms with Crippen LogP contribution in [0.25, 0.3) is 0 Å². The average molecular weight is 408 g/mol. The van der Waals surface area contributed by atoms with Gasteiger partial charge < -0.3 is 15.0 Å². The molecule has 3 rings (SSSR count). The number of para-hydroxylation sites is 1. The fourth-order valence-corrected chi connectivity index (χ4v) is 4.24. The monoisotopic (exact) mass is 407 g/mol. The Morgan fingerprint density at radius 2 is 2.00 bits per heavy atom. The van der Waals surface area contributed by atoms with E-state index in [0.717, 1.165) is 32.7 Å². The van der Waals surface area contributed by atoms with Gasteiger partial charge in [-0.05, 0) is 24.5 Å². The van der Waals surface area contributed by atoms with E-state index in [2.05, 4.69) is 24.1 Å². The van der Waals surface area contributed by atoms with E-state index in [4.69, 9.17) is 16.3 Å². The number of amides is 2. The van der Waals surface area contributed by atoms with Gasteiger partial charge in [0, 0.05) is 38.6 Å². The van der Waals surface area contributed by atoms with Crippen LogP contribution < -0.4 is 10.2 Å². The maximum absolute atomic E-state index is 12.8. The average Bonchev–Trinajstić information content (AvgIpc) is 3.07. The summed E-state index contributed by atoms with van der Waals surface area (Å²) in [5, 5.41) is 3.63. The van der Waals surface area contributed by atoms with Gasteiger partial charge in [-0.2, -0.15) is 0 Å². The first kappa shape index (κ1) is 21.1. The minimum Gasteiger partial charge on any atom is -0.379 e. The van der Waals surface area contributed by atoms with Gasteiger partial charge in [-0.15, -0.1) is 0 Å². The lowest BCUT2D eigenvalue weighted by Crippen LogP contribution is -2.50.